The molecule has 0 bridgehead atoms. The van der Waals surface area contributed by atoms with E-state index in [0.29, 0.717) is 10.8 Å². The largest absolute Gasteiger partial charge is 0.295 e. The average Bonchev–Trinajstić information content (AvgIpc) is 3.15. The van der Waals surface area contributed by atoms with Crippen molar-refractivity contribution in [1.29, 1.82) is 0 Å². The number of hydrogen-bond acceptors (Lipinski definition) is 7. The number of aryl methyl sites for hydroxylation is 1. The molecule has 9 heteroatoms. The number of hydrogen-bond donors (Lipinski definition) is 1. The van der Waals surface area contributed by atoms with E-state index in [9.17, 15) is 4.79 Å². The molecular formula is C15H16N6OS2. The van der Waals surface area contributed by atoms with Gasteiger partial charge < -0.3 is 0 Å². The molecule has 1 amide bonds. The summed E-state index contributed by atoms with van der Waals surface area (Å²) in [5.74, 6) is 0.571. The van der Waals surface area contributed by atoms with Crippen molar-refractivity contribution >= 4 is 34.1 Å². The van der Waals surface area contributed by atoms with Gasteiger partial charge in [-0.1, -0.05) is 52.9 Å². The van der Waals surface area contributed by atoms with Gasteiger partial charge >= 0.3 is 0 Å². The minimum absolute atomic E-state index is 0.274. The van der Waals surface area contributed by atoms with Crippen LogP contribution < -0.4 is 5.32 Å². The van der Waals surface area contributed by atoms with Crippen LogP contribution in [0.3, 0.4) is 0 Å². The fourth-order valence-electron chi connectivity index (χ4n) is 2.07. The lowest BCUT2D eigenvalue weighted by Gasteiger charge is -2.04. The highest BCUT2D eigenvalue weighted by molar-refractivity contribution is 8.01. The lowest BCUT2D eigenvalue weighted by molar-refractivity contribution is 0.102. The average molecular weight is 360 g/mol. The third-order valence-corrected chi connectivity index (χ3v) is 5.14. The summed E-state index contributed by atoms with van der Waals surface area (Å²) < 4.78 is 2.47. The number of amides is 1. The number of aromatic nitrogens is 5. The van der Waals surface area contributed by atoms with Crippen molar-refractivity contribution in [3.8, 4) is 5.69 Å². The number of carbonyl (C=O) groups is 1. The molecule has 0 aliphatic carbocycles. The van der Waals surface area contributed by atoms with Gasteiger partial charge in [-0.2, -0.15) is 0 Å². The SMILES string of the molecule is CCSc1nnc(NC(=O)c2nnn(-c3ccc(C)cc3)c2C)s1. The molecule has 0 fully saturated rings. The highest BCUT2D eigenvalue weighted by Gasteiger charge is 2.19. The third-order valence-electron chi connectivity index (χ3n) is 3.28. The van der Waals surface area contributed by atoms with Crippen LogP contribution in [0.5, 0.6) is 0 Å². The van der Waals surface area contributed by atoms with Crippen molar-refractivity contribution in [3.05, 3.63) is 41.2 Å². The van der Waals surface area contributed by atoms with E-state index in [1.807, 2.05) is 45.0 Å². The normalized spacial score (nSPS) is 10.8. The quantitative estimate of drug-likeness (QED) is 0.556. The van der Waals surface area contributed by atoms with E-state index in [0.717, 1.165) is 21.3 Å². The van der Waals surface area contributed by atoms with Gasteiger partial charge in [0.15, 0.2) is 10.0 Å². The fraction of sp³-hybridized carbons (Fsp3) is 0.267. The van der Waals surface area contributed by atoms with Crippen LogP contribution >= 0.6 is 23.1 Å². The van der Waals surface area contributed by atoms with Crippen LogP contribution in [0, 0.1) is 13.8 Å². The molecule has 24 heavy (non-hydrogen) atoms. The first-order valence-corrected chi connectivity index (χ1v) is 9.15. The van der Waals surface area contributed by atoms with Gasteiger partial charge in [-0.05, 0) is 31.7 Å². The molecule has 0 atom stereocenters. The maximum Gasteiger partial charge on any atom is 0.279 e. The van der Waals surface area contributed by atoms with Crippen LogP contribution in [0.1, 0.15) is 28.7 Å². The summed E-state index contributed by atoms with van der Waals surface area (Å²) in [7, 11) is 0. The van der Waals surface area contributed by atoms with Crippen molar-refractivity contribution < 1.29 is 4.79 Å². The Balaban J connectivity index is 1.79. The summed E-state index contributed by atoms with van der Waals surface area (Å²) >= 11 is 2.93. The molecule has 0 unspecified atom stereocenters. The van der Waals surface area contributed by atoms with Gasteiger partial charge in [0.1, 0.15) is 0 Å². The molecule has 0 saturated heterocycles. The highest BCUT2D eigenvalue weighted by atomic mass is 32.2. The zero-order valence-corrected chi connectivity index (χ0v) is 15.1. The number of carbonyl (C=O) groups excluding carboxylic acids is 1. The van der Waals surface area contributed by atoms with Crippen LogP contribution in [-0.4, -0.2) is 36.9 Å². The standard InChI is InChI=1S/C15H16N6OS2/c1-4-23-15-19-18-14(24-15)16-13(22)12-10(3)21(20-17-12)11-7-5-9(2)6-8-11/h5-8H,4H2,1-3H3,(H,16,18,22). The van der Waals surface area contributed by atoms with Gasteiger partial charge in [0.05, 0.1) is 11.4 Å². The van der Waals surface area contributed by atoms with Gasteiger partial charge in [-0.3, -0.25) is 10.1 Å². The summed E-state index contributed by atoms with van der Waals surface area (Å²) in [5.41, 5.74) is 2.97. The monoisotopic (exact) mass is 360 g/mol. The highest BCUT2D eigenvalue weighted by Crippen LogP contribution is 2.25. The Bertz CT molecular complexity index is 855. The summed E-state index contributed by atoms with van der Waals surface area (Å²) in [4.78, 5) is 12.4. The number of thioether (sulfide) groups is 1. The maximum absolute atomic E-state index is 12.4. The molecule has 1 aromatic carbocycles. The molecule has 0 saturated carbocycles. The molecule has 0 aliphatic heterocycles. The van der Waals surface area contributed by atoms with E-state index < -0.39 is 0 Å². The van der Waals surface area contributed by atoms with E-state index in [2.05, 4.69) is 25.8 Å². The summed E-state index contributed by atoms with van der Waals surface area (Å²) in [6.45, 7) is 5.87. The van der Waals surface area contributed by atoms with Crippen LogP contribution in [0.4, 0.5) is 5.13 Å². The van der Waals surface area contributed by atoms with Crippen molar-refractivity contribution in [2.75, 3.05) is 11.1 Å². The molecule has 7 nitrogen and oxygen atoms in total. The first-order valence-electron chi connectivity index (χ1n) is 7.35. The van der Waals surface area contributed by atoms with Crippen LogP contribution in [-0.2, 0) is 0 Å². The smallest absolute Gasteiger partial charge is 0.279 e. The van der Waals surface area contributed by atoms with E-state index >= 15 is 0 Å². The second-order valence-corrected chi connectivity index (χ2v) is 7.52. The molecule has 3 aromatic rings. The lowest BCUT2D eigenvalue weighted by atomic mass is 10.2. The predicted octanol–water partition coefficient (Wildman–Crippen LogP) is 3.10. The van der Waals surface area contributed by atoms with Crippen molar-refractivity contribution in [3.63, 3.8) is 0 Å². The van der Waals surface area contributed by atoms with Gasteiger partial charge in [0.2, 0.25) is 5.13 Å². The van der Waals surface area contributed by atoms with E-state index in [1.165, 1.54) is 11.3 Å². The number of nitrogens with one attached hydrogen (secondary N) is 1. The Morgan fingerprint density at radius 1 is 1.21 bits per heavy atom. The molecule has 3 rings (SSSR count). The topological polar surface area (TPSA) is 85.6 Å². The van der Waals surface area contributed by atoms with Gasteiger partial charge in [0.25, 0.3) is 5.91 Å². The predicted molar refractivity (Wildman–Crippen MR) is 95.1 cm³/mol. The fourth-order valence-corrected chi connectivity index (χ4v) is 3.71. The molecular weight excluding hydrogens is 344 g/mol. The molecule has 0 aliphatic rings. The third kappa shape index (κ3) is 3.46. The Morgan fingerprint density at radius 3 is 2.67 bits per heavy atom. The van der Waals surface area contributed by atoms with E-state index in [-0.39, 0.29) is 11.6 Å². The van der Waals surface area contributed by atoms with Gasteiger partial charge in [-0.25, -0.2) is 4.68 Å². The Hall–Kier alpha value is -2.26. The number of anilines is 1. The Kier molecular flexibility index (Phi) is 4.91. The number of benzene rings is 1. The molecule has 0 spiro atoms. The second kappa shape index (κ2) is 7.10. The van der Waals surface area contributed by atoms with Crippen molar-refractivity contribution in [2.45, 2.75) is 25.1 Å². The molecule has 124 valence electrons. The lowest BCUT2D eigenvalue weighted by Crippen LogP contribution is -2.14. The Labute approximate surface area is 147 Å². The summed E-state index contributed by atoms with van der Waals surface area (Å²) in [6.07, 6.45) is 0. The molecule has 2 heterocycles. The second-order valence-electron chi connectivity index (χ2n) is 5.03. The van der Waals surface area contributed by atoms with Gasteiger partial charge in [-0.15, -0.1) is 15.3 Å². The Morgan fingerprint density at radius 2 is 1.96 bits per heavy atom. The van der Waals surface area contributed by atoms with E-state index in [1.54, 1.807) is 16.4 Å². The number of rotatable bonds is 5. The maximum atomic E-state index is 12.4. The van der Waals surface area contributed by atoms with Crippen LogP contribution in [0.25, 0.3) is 5.69 Å². The minimum atomic E-state index is -0.338. The van der Waals surface area contributed by atoms with Crippen molar-refractivity contribution in [2.24, 2.45) is 0 Å². The molecule has 2 aromatic heterocycles. The number of nitrogens with zero attached hydrogens (tertiary/aromatic N) is 5. The van der Waals surface area contributed by atoms with Crippen LogP contribution in [0.15, 0.2) is 28.6 Å². The van der Waals surface area contributed by atoms with Gasteiger partial charge in [0, 0.05) is 0 Å². The first-order chi connectivity index (χ1) is 11.6. The summed E-state index contributed by atoms with van der Waals surface area (Å²) in [6, 6.07) is 7.87. The molecule has 0 radical (unpaired) electrons. The minimum Gasteiger partial charge on any atom is -0.295 e. The zero-order valence-electron chi connectivity index (χ0n) is 13.5. The van der Waals surface area contributed by atoms with E-state index in [4.69, 9.17) is 0 Å². The zero-order chi connectivity index (χ0) is 17.1. The van der Waals surface area contributed by atoms with Crippen LogP contribution in [0.2, 0.25) is 0 Å². The summed E-state index contributed by atoms with van der Waals surface area (Å²) in [5, 5.41) is 19.3. The molecule has 1 N–H and O–H groups in total. The first kappa shape index (κ1) is 16.6. The van der Waals surface area contributed by atoms with Crippen molar-refractivity contribution in [1.82, 2.24) is 25.2 Å².